The highest BCUT2D eigenvalue weighted by Crippen LogP contribution is 2.27. The molecule has 2 aromatic rings. The lowest BCUT2D eigenvalue weighted by atomic mass is 10.1. The zero-order chi connectivity index (χ0) is 14.8. The van der Waals surface area contributed by atoms with E-state index in [0.717, 1.165) is 0 Å². The molecular formula is C14H14N2O4S. The van der Waals surface area contributed by atoms with Crippen LogP contribution < -0.4 is 9.47 Å². The molecule has 0 radical (unpaired) electrons. The number of aromatic nitrogens is 1. The molecule has 110 valence electrons. The number of methoxy groups -OCH3 is 1. The van der Waals surface area contributed by atoms with Gasteiger partial charge >= 0.3 is 0 Å². The average Bonchev–Trinajstić information content (AvgIpc) is 2.94. The molecule has 2 heterocycles. The van der Waals surface area contributed by atoms with Crippen molar-refractivity contribution in [2.24, 2.45) is 0 Å². The number of amides is 1. The fourth-order valence-electron chi connectivity index (χ4n) is 2.08. The lowest BCUT2D eigenvalue weighted by Crippen LogP contribution is -2.56. The van der Waals surface area contributed by atoms with Crippen LogP contribution >= 0.6 is 11.3 Å². The minimum atomic E-state index is -0.214. The van der Waals surface area contributed by atoms with Crippen LogP contribution in [0.5, 0.6) is 16.7 Å². The van der Waals surface area contributed by atoms with Crippen molar-refractivity contribution in [2.75, 3.05) is 20.2 Å². The quantitative estimate of drug-likeness (QED) is 0.932. The molecule has 1 saturated heterocycles. The Morgan fingerprint density at radius 1 is 1.48 bits per heavy atom. The van der Waals surface area contributed by atoms with Crippen LogP contribution in [0.25, 0.3) is 0 Å². The minimum Gasteiger partial charge on any atom is -0.507 e. The standard InChI is InChI=1S/C14H14N2O4S/c1-19-9-2-3-11(12(17)6-9)13(18)16-7-10(8-16)20-14-15-4-5-21-14/h2-6,10,17H,7-8H2,1H3. The molecule has 3 rings (SSSR count). The van der Waals surface area contributed by atoms with E-state index >= 15 is 0 Å². The summed E-state index contributed by atoms with van der Waals surface area (Å²) < 4.78 is 10.6. The Labute approximate surface area is 125 Å². The molecule has 0 aliphatic carbocycles. The molecule has 7 heteroatoms. The summed E-state index contributed by atoms with van der Waals surface area (Å²) in [5.74, 6) is 0.218. The minimum absolute atomic E-state index is 0.0412. The first-order valence-corrected chi connectivity index (χ1v) is 7.28. The maximum absolute atomic E-state index is 12.3. The third-order valence-electron chi connectivity index (χ3n) is 3.25. The van der Waals surface area contributed by atoms with Crippen LogP contribution in [0.2, 0.25) is 0 Å². The maximum Gasteiger partial charge on any atom is 0.273 e. The van der Waals surface area contributed by atoms with Gasteiger partial charge in [0, 0.05) is 17.6 Å². The number of phenols is 1. The first-order valence-electron chi connectivity index (χ1n) is 6.40. The van der Waals surface area contributed by atoms with E-state index in [1.807, 2.05) is 5.38 Å². The number of thiazole rings is 1. The number of hydrogen-bond acceptors (Lipinski definition) is 6. The number of carbonyl (C=O) groups excluding carboxylic acids is 1. The van der Waals surface area contributed by atoms with Gasteiger partial charge in [0.05, 0.1) is 25.8 Å². The number of phenolic OH excluding ortho intramolecular Hbond substituents is 1. The van der Waals surface area contributed by atoms with E-state index in [2.05, 4.69) is 4.98 Å². The fourth-order valence-corrected chi connectivity index (χ4v) is 2.63. The molecule has 21 heavy (non-hydrogen) atoms. The van der Waals surface area contributed by atoms with E-state index < -0.39 is 0 Å². The summed E-state index contributed by atoms with van der Waals surface area (Å²) in [6.07, 6.45) is 1.64. The smallest absolute Gasteiger partial charge is 0.273 e. The van der Waals surface area contributed by atoms with Gasteiger partial charge < -0.3 is 19.5 Å². The van der Waals surface area contributed by atoms with Crippen molar-refractivity contribution in [2.45, 2.75) is 6.10 Å². The van der Waals surface area contributed by atoms with Gasteiger partial charge in [-0.25, -0.2) is 4.98 Å². The van der Waals surface area contributed by atoms with Crippen molar-refractivity contribution >= 4 is 17.2 Å². The van der Waals surface area contributed by atoms with Crippen LogP contribution in [0.4, 0.5) is 0 Å². The molecule has 1 aliphatic heterocycles. The van der Waals surface area contributed by atoms with Gasteiger partial charge in [0.15, 0.2) is 0 Å². The Bertz CT molecular complexity index is 638. The van der Waals surface area contributed by atoms with Crippen LogP contribution in [-0.4, -0.2) is 47.2 Å². The second kappa shape index (κ2) is 5.61. The molecule has 6 nitrogen and oxygen atoms in total. The molecule has 0 atom stereocenters. The number of rotatable bonds is 4. The largest absolute Gasteiger partial charge is 0.507 e. The van der Waals surface area contributed by atoms with Gasteiger partial charge in [-0.2, -0.15) is 0 Å². The predicted molar refractivity (Wildman–Crippen MR) is 77.1 cm³/mol. The van der Waals surface area contributed by atoms with Crippen LogP contribution in [-0.2, 0) is 0 Å². The van der Waals surface area contributed by atoms with E-state index in [1.54, 1.807) is 23.2 Å². The third-order valence-corrected chi connectivity index (χ3v) is 3.91. The predicted octanol–water partition coefficient (Wildman–Crippen LogP) is 1.76. The number of aromatic hydroxyl groups is 1. The van der Waals surface area contributed by atoms with Crippen molar-refractivity contribution < 1.29 is 19.4 Å². The van der Waals surface area contributed by atoms with Crippen LogP contribution in [0.15, 0.2) is 29.8 Å². The number of benzene rings is 1. The molecule has 1 fully saturated rings. The van der Waals surface area contributed by atoms with Crippen LogP contribution in [0, 0.1) is 0 Å². The summed E-state index contributed by atoms with van der Waals surface area (Å²) in [5.41, 5.74) is 0.267. The molecule has 0 bridgehead atoms. The van der Waals surface area contributed by atoms with Crippen molar-refractivity contribution in [1.82, 2.24) is 9.88 Å². The summed E-state index contributed by atoms with van der Waals surface area (Å²) in [5, 5.41) is 12.3. The molecule has 1 aliphatic rings. The SMILES string of the molecule is COc1ccc(C(=O)N2CC(Oc3nccs3)C2)c(O)c1. The average molecular weight is 306 g/mol. The van der Waals surface area contributed by atoms with E-state index in [4.69, 9.17) is 9.47 Å². The van der Waals surface area contributed by atoms with E-state index in [0.29, 0.717) is 24.0 Å². The monoisotopic (exact) mass is 306 g/mol. The van der Waals surface area contributed by atoms with Gasteiger partial charge in [0.1, 0.15) is 17.6 Å². The Balaban J connectivity index is 1.60. The van der Waals surface area contributed by atoms with Gasteiger partial charge in [-0.15, -0.1) is 0 Å². The Morgan fingerprint density at radius 2 is 2.29 bits per heavy atom. The first-order chi connectivity index (χ1) is 10.2. The molecular weight excluding hydrogens is 292 g/mol. The molecule has 1 N–H and O–H groups in total. The van der Waals surface area contributed by atoms with Crippen LogP contribution in [0.3, 0.4) is 0 Å². The molecule has 1 aromatic carbocycles. The lowest BCUT2D eigenvalue weighted by molar-refractivity contribution is 0.0175. The normalized spacial score (nSPS) is 14.6. The Kier molecular flexibility index (Phi) is 3.66. The Morgan fingerprint density at radius 3 is 2.90 bits per heavy atom. The summed E-state index contributed by atoms with van der Waals surface area (Å²) in [7, 11) is 1.51. The number of nitrogens with zero attached hydrogens (tertiary/aromatic N) is 2. The highest BCUT2D eigenvalue weighted by Gasteiger charge is 2.34. The van der Waals surface area contributed by atoms with Gasteiger partial charge in [0.2, 0.25) is 0 Å². The number of carbonyl (C=O) groups is 1. The summed E-state index contributed by atoms with van der Waals surface area (Å²) >= 11 is 1.42. The fraction of sp³-hybridized carbons (Fsp3) is 0.286. The third kappa shape index (κ3) is 2.78. The van der Waals surface area contributed by atoms with Gasteiger partial charge in [-0.1, -0.05) is 11.3 Å². The number of ether oxygens (including phenoxy) is 2. The van der Waals surface area contributed by atoms with Crippen molar-refractivity contribution in [1.29, 1.82) is 0 Å². The number of likely N-dealkylation sites (tertiary alicyclic amines) is 1. The van der Waals surface area contributed by atoms with Crippen LogP contribution in [0.1, 0.15) is 10.4 Å². The van der Waals surface area contributed by atoms with Gasteiger partial charge in [-0.3, -0.25) is 4.79 Å². The van der Waals surface area contributed by atoms with Gasteiger partial charge in [-0.05, 0) is 12.1 Å². The zero-order valence-electron chi connectivity index (χ0n) is 11.4. The molecule has 1 amide bonds. The van der Waals surface area contributed by atoms with E-state index in [-0.39, 0.29) is 23.3 Å². The van der Waals surface area contributed by atoms with E-state index in [9.17, 15) is 9.90 Å². The first kappa shape index (κ1) is 13.7. The topological polar surface area (TPSA) is 71.9 Å². The Hall–Kier alpha value is -2.28. The van der Waals surface area contributed by atoms with E-state index in [1.165, 1.54) is 24.5 Å². The number of hydrogen-bond donors (Lipinski definition) is 1. The van der Waals surface area contributed by atoms with Crippen molar-refractivity contribution in [3.8, 4) is 16.7 Å². The highest BCUT2D eigenvalue weighted by atomic mass is 32.1. The van der Waals surface area contributed by atoms with Crippen molar-refractivity contribution in [3.05, 3.63) is 35.3 Å². The molecule has 0 saturated carbocycles. The second-order valence-corrected chi connectivity index (χ2v) is 5.49. The summed E-state index contributed by atoms with van der Waals surface area (Å²) in [4.78, 5) is 17.9. The highest BCUT2D eigenvalue weighted by molar-refractivity contribution is 7.11. The maximum atomic E-state index is 12.3. The lowest BCUT2D eigenvalue weighted by Gasteiger charge is -2.38. The molecule has 0 unspecified atom stereocenters. The second-order valence-electron chi connectivity index (χ2n) is 4.63. The van der Waals surface area contributed by atoms with Crippen molar-refractivity contribution in [3.63, 3.8) is 0 Å². The summed E-state index contributed by atoms with van der Waals surface area (Å²) in [6.45, 7) is 0.980. The zero-order valence-corrected chi connectivity index (χ0v) is 12.2. The molecule has 1 aromatic heterocycles. The van der Waals surface area contributed by atoms with Gasteiger partial charge in [0.25, 0.3) is 11.1 Å². The molecule has 0 spiro atoms. The summed E-state index contributed by atoms with van der Waals surface area (Å²) in [6, 6.07) is 4.64.